The van der Waals surface area contributed by atoms with Crippen LogP contribution < -0.4 is 16.0 Å². The van der Waals surface area contributed by atoms with Crippen molar-refractivity contribution < 1.29 is 9.53 Å². The van der Waals surface area contributed by atoms with Crippen LogP contribution in [0.15, 0.2) is 4.99 Å². The summed E-state index contributed by atoms with van der Waals surface area (Å²) < 4.78 is 5.33. The number of guanidine groups is 1. The van der Waals surface area contributed by atoms with Gasteiger partial charge >= 0.3 is 6.09 Å². The summed E-state index contributed by atoms with van der Waals surface area (Å²) in [6, 6.07) is 0.543. The number of rotatable bonds is 6. The Bertz CT molecular complexity index is 385. The number of amides is 1. The van der Waals surface area contributed by atoms with Crippen LogP contribution in [0.3, 0.4) is 0 Å². The normalized spacial score (nSPS) is 17.7. The number of hydrogen-bond donors (Lipinski definition) is 3. The van der Waals surface area contributed by atoms with Crippen molar-refractivity contribution in [2.75, 3.05) is 13.6 Å². The van der Waals surface area contributed by atoms with Gasteiger partial charge in [-0.2, -0.15) is 0 Å². The largest absolute Gasteiger partial charge is 0.444 e. The lowest BCUT2D eigenvalue weighted by atomic mass is 10.1. The molecule has 0 aromatic heterocycles. The van der Waals surface area contributed by atoms with Crippen molar-refractivity contribution >= 4 is 12.1 Å². The summed E-state index contributed by atoms with van der Waals surface area (Å²) in [6.45, 7) is 8.35. The topological polar surface area (TPSA) is 74.8 Å². The Balaban J connectivity index is 2.42. The van der Waals surface area contributed by atoms with Crippen molar-refractivity contribution in [1.82, 2.24) is 16.0 Å². The van der Waals surface area contributed by atoms with Crippen LogP contribution >= 0.6 is 0 Å². The fourth-order valence-corrected chi connectivity index (χ4v) is 2.73. The first-order valence-electron chi connectivity index (χ1n) is 8.80. The second-order valence-electron chi connectivity index (χ2n) is 7.21. The van der Waals surface area contributed by atoms with E-state index < -0.39 is 5.60 Å². The molecule has 0 bridgehead atoms. The van der Waals surface area contributed by atoms with Crippen LogP contribution in [0, 0.1) is 0 Å². The number of nitrogens with one attached hydrogen (secondary N) is 3. The lowest BCUT2D eigenvalue weighted by Gasteiger charge is -2.25. The van der Waals surface area contributed by atoms with E-state index in [0.29, 0.717) is 12.6 Å². The fraction of sp³-hybridized carbons (Fsp3) is 0.882. The van der Waals surface area contributed by atoms with Crippen LogP contribution in [0.1, 0.15) is 66.2 Å². The summed E-state index contributed by atoms with van der Waals surface area (Å²) in [7, 11) is 1.78. The number of alkyl carbamates (subject to hydrolysis) is 1. The van der Waals surface area contributed by atoms with Crippen molar-refractivity contribution in [3.05, 3.63) is 0 Å². The van der Waals surface area contributed by atoms with E-state index in [2.05, 4.69) is 27.9 Å². The van der Waals surface area contributed by atoms with E-state index in [0.717, 1.165) is 18.8 Å². The highest BCUT2D eigenvalue weighted by Crippen LogP contribution is 2.17. The minimum atomic E-state index is -0.478. The van der Waals surface area contributed by atoms with E-state index >= 15 is 0 Å². The zero-order valence-electron chi connectivity index (χ0n) is 15.4. The molecule has 0 saturated heterocycles. The third-order valence-corrected chi connectivity index (χ3v) is 3.79. The molecule has 1 saturated carbocycles. The van der Waals surface area contributed by atoms with Gasteiger partial charge in [-0.3, -0.25) is 4.99 Å². The van der Waals surface area contributed by atoms with E-state index in [1.807, 2.05) is 20.8 Å². The number of carbonyl (C=O) groups excluding carboxylic acids is 1. The molecule has 1 unspecified atom stereocenters. The summed E-state index contributed by atoms with van der Waals surface area (Å²) in [6.07, 6.45) is 6.51. The Morgan fingerprint density at radius 2 is 1.96 bits per heavy atom. The average Bonchev–Trinajstić information content (AvgIpc) is 2.94. The molecule has 1 aliphatic rings. The molecule has 0 aromatic carbocycles. The highest BCUT2D eigenvalue weighted by Gasteiger charge is 2.20. The third kappa shape index (κ3) is 8.67. The Morgan fingerprint density at radius 3 is 2.48 bits per heavy atom. The van der Waals surface area contributed by atoms with Crippen molar-refractivity contribution in [1.29, 1.82) is 0 Å². The second-order valence-corrected chi connectivity index (χ2v) is 7.21. The SMILES string of the molecule is CCCC(CNC(=NC)NC1CCCC1)NC(=O)OC(C)(C)C. The molecule has 23 heavy (non-hydrogen) atoms. The molecule has 0 spiro atoms. The van der Waals surface area contributed by atoms with Crippen molar-refractivity contribution in [3.8, 4) is 0 Å². The molecule has 1 rings (SSSR count). The van der Waals surface area contributed by atoms with Crippen LogP contribution in [0.4, 0.5) is 4.79 Å². The minimum Gasteiger partial charge on any atom is -0.444 e. The summed E-state index contributed by atoms with van der Waals surface area (Å²) in [5.41, 5.74) is -0.478. The molecule has 0 aromatic rings. The second kappa shape index (κ2) is 9.63. The smallest absolute Gasteiger partial charge is 0.407 e. The first-order valence-corrected chi connectivity index (χ1v) is 8.80. The van der Waals surface area contributed by atoms with E-state index in [4.69, 9.17) is 4.74 Å². The average molecular weight is 326 g/mol. The number of ether oxygens (including phenoxy) is 1. The van der Waals surface area contributed by atoms with E-state index in [1.165, 1.54) is 25.7 Å². The summed E-state index contributed by atoms with van der Waals surface area (Å²) >= 11 is 0. The van der Waals surface area contributed by atoms with Gasteiger partial charge in [0.25, 0.3) is 0 Å². The molecule has 134 valence electrons. The molecular weight excluding hydrogens is 292 g/mol. The number of carbonyl (C=O) groups is 1. The van der Waals surface area contributed by atoms with Gasteiger partial charge in [-0.05, 0) is 40.0 Å². The van der Waals surface area contributed by atoms with E-state index in [-0.39, 0.29) is 12.1 Å². The van der Waals surface area contributed by atoms with Gasteiger partial charge in [0.1, 0.15) is 5.60 Å². The molecule has 1 amide bonds. The first-order chi connectivity index (χ1) is 10.8. The number of nitrogens with zero attached hydrogens (tertiary/aromatic N) is 1. The standard InChI is InChI=1S/C17H34N4O2/c1-6-9-14(21-16(22)23-17(2,3)4)12-19-15(18-5)20-13-10-7-8-11-13/h13-14H,6-12H2,1-5H3,(H,21,22)(H2,18,19,20). The number of hydrogen-bond acceptors (Lipinski definition) is 3. The van der Waals surface area contributed by atoms with Crippen molar-refractivity contribution in [3.63, 3.8) is 0 Å². The van der Waals surface area contributed by atoms with Gasteiger partial charge in [-0.1, -0.05) is 26.2 Å². The predicted octanol–water partition coefficient (Wildman–Crippen LogP) is 2.79. The lowest BCUT2D eigenvalue weighted by Crippen LogP contribution is -2.49. The summed E-state index contributed by atoms with van der Waals surface area (Å²) in [5, 5.41) is 9.71. The molecule has 1 aliphatic carbocycles. The highest BCUT2D eigenvalue weighted by molar-refractivity contribution is 5.80. The number of aliphatic imine (C=N–C) groups is 1. The highest BCUT2D eigenvalue weighted by atomic mass is 16.6. The zero-order valence-corrected chi connectivity index (χ0v) is 15.4. The molecule has 0 heterocycles. The maximum Gasteiger partial charge on any atom is 0.407 e. The van der Waals surface area contributed by atoms with Gasteiger partial charge in [0.15, 0.2) is 5.96 Å². The van der Waals surface area contributed by atoms with Crippen molar-refractivity contribution in [2.45, 2.75) is 83.9 Å². The molecular formula is C17H34N4O2. The van der Waals surface area contributed by atoms with Crippen LogP contribution in [0.2, 0.25) is 0 Å². The maximum atomic E-state index is 11.9. The zero-order chi connectivity index (χ0) is 17.3. The Morgan fingerprint density at radius 1 is 1.30 bits per heavy atom. The fourth-order valence-electron chi connectivity index (χ4n) is 2.73. The molecule has 3 N–H and O–H groups in total. The first kappa shape index (κ1) is 19.6. The van der Waals surface area contributed by atoms with Crippen LogP contribution in [-0.2, 0) is 4.74 Å². The predicted molar refractivity (Wildman–Crippen MR) is 94.8 cm³/mol. The Kier molecular flexibility index (Phi) is 8.20. The van der Waals surface area contributed by atoms with E-state index in [9.17, 15) is 4.79 Å². The lowest BCUT2D eigenvalue weighted by molar-refractivity contribution is 0.0502. The summed E-state index contributed by atoms with van der Waals surface area (Å²) in [5.74, 6) is 0.809. The van der Waals surface area contributed by atoms with Crippen LogP contribution in [0.5, 0.6) is 0 Å². The monoisotopic (exact) mass is 326 g/mol. The van der Waals surface area contributed by atoms with Gasteiger partial charge < -0.3 is 20.7 Å². The van der Waals surface area contributed by atoms with Gasteiger partial charge in [0, 0.05) is 25.7 Å². The molecule has 0 radical (unpaired) electrons. The van der Waals surface area contributed by atoms with Gasteiger partial charge in [0.2, 0.25) is 0 Å². The third-order valence-electron chi connectivity index (χ3n) is 3.79. The molecule has 6 heteroatoms. The quantitative estimate of drug-likeness (QED) is 0.518. The van der Waals surface area contributed by atoms with E-state index in [1.54, 1.807) is 7.05 Å². The van der Waals surface area contributed by atoms with Gasteiger partial charge in [-0.25, -0.2) is 4.79 Å². The summed E-state index contributed by atoms with van der Waals surface area (Å²) in [4.78, 5) is 16.2. The van der Waals surface area contributed by atoms with Gasteiger partial charge in [0.05, 0.1) is 0 Å². The Labute approximate surface area is 140 Å². The van der Waals surface area contributed by atoms with Crippen LogP contribution in [0.25, 0.3) is 0 Å². The molecule has 0 aliphatic heterocycles. The molecule has 1 fully saturated rings. The van der Waals surface area contributed by atoms with Crippen molar-refractivity contribution in [2.24, 2.45) is 4.99 Å². The van der Waals surface area contributed by atoms with Crippen LogP contribution in [-0.4, -0.2) is 43.3 Å². The Hall–Kier alpha value is -1.46. The maximum absolute atomic E-state index is 11.9. The molecule has 6 nitrogen and oxygen atoms in total. The minimum absolute atomic E-state index is 0.0250. The van der Waals surface area contributed by atoms with Gasteiger partial charge in [-0.15, -0.1) is 0 Å². The molecule has 1 atom stereocenters.